The van der Waals surface area contributed by atoms with Gasteiger partial charge in [0.25, 0.3) is 0 Å². The summed E-state index contributed by atoms with van der Waals surface area (Å²) < 4.78 is 0. The quantitative estimate of drug-likeness (QED) is 0.515. The molecule has 0 fully saturated rings. The average Bonchev–Trinajstić information content (AvgIpc) is 2.17. The van der Waals surface area contributed by atoms with Crippen LogP contribution in [0.4, 0.5) is 0 Å². The molecule has 0 unspecified atom stereocenters. The van der Waals surface area contributed by atoms with Crippen LogP contribution in [0.1, 0.15) is 33.6 Å². The predicted molar refractivity (Wildman–Crippen MR) is 52.9 cm³/mol. The second-order valence-electron chi connectivity index (χ2n) is 4.60. The minimum absolute atomic E-state index is 0.155. The van der Waals surface area contributed by atoms with E-state index in [-0.39, 0.29) is 5.78 Å². The first-order chi connectivity index (χ1) is 6.34. The van der Waals surface area contributed by atoms with Crippen LogP contribution in [0.15, 0.2) is 11.6 Å². The fourth-order valence-corrected chi connectivity index (χ4v) is 1.70. The minimum Gasteiger partial charge on any atom is -0.481 e. The molecule has 1 aliphatic rings. The van der Waals surface area contributed by atoms with E-state index in [2.05, 4.69) is 0 Å². The van der Waals surface area contributed by atoms with Crippen LogP contribution in [-0.2, 0) is 9.59 Å². The molecular weight excluding hydrogens is 180 g/mol. The lowest BCUT2D eigenvalue weighted by Gasteiger charge is -2.22. The number of ketones is 1. The molecule has 78 valence electrons. The Bertz CT molecular complexity index is 300. The van der Waals surface area contributed by atoms with Crippen LogP contribution in [0.5, 0.6) is 0 Å². The van der Waals surface area contributed by atoms with E-state index in [1.165, 1.54) is 0 Å². The molecule has 1 N–H and O–H groups in total. The van der Waals surface area contributed by atoms with Crippen molar-refractivity contribution in [1.82, 2.24) is 0 Å². The Hall–Kier alpha value is -1.12. The van der Waals surface area contributed by atoms with Gasteiger partial charge >= 0.3 is 5.97 Å². The van der Waals surface area contributed by atoms with E-state index in [0.29, 0.717) is 12.8 Å². The highest BCUT2D eigenvalue weighted by atomic mass is 16.4. The Labute approximate surface area is 83.8 Å². The molecule has 0 bridgehead atoms. The molecule has 0 spiro atoms. The van der Waals surface area contributed by atoms with Gasteiger partial charge in [0.05, 0.1) is 0 Å². The van der Waals surface area contributed by atoms with E-state index in [0.717, 1.165) is 5.57 Å². The average molecular weight is 196 g/mol. The number of carboxylic acids is 1. The number of hydrogen-bond acceptors (Lipinski definition) is 2. The fourth-order valence-electron chi connectivity index (χ4n) is 1.70. The lowest BCUT2D eigenvalue weighted by molar-refractivity contribution is -0.149. The Kier molecular flexibility index (Phi) is 2.79. The van der Waals surface area contributed by atoms with Gasteiger partial charge in [-0.15, -0.1) is 0 Å². The van der Waals surface area contributed by atoms with Crippen molar-refractivity contribution in [3.05, 3.63) is 11.6 Å². The minimum atomic E-state index is -1.00. The summed E-state index contributed by atoms with van der Waals surface area (Å²) in [5, 5.41) is 8.94. The van der Waals surface area contributed by atoms with E-state index < -0.39 is 17.3 Å². The largest absolute Gasteiger partial charge is 0.481 e. The molecule has 0 saturated heterocycles. The lowest BCUT2D eigenvalue weighted by atomic mass is 9.79. The molecular formula is C11H16O3. The van der Waals surface area contributed by atoms with Crippen molar-refractivity contribution in [1.29, 1.82) is 0 Å². The van der Waals surface area contributed by atoms with Gasteiger partial charge in [0, 0.05) is 5.41 Å². The van der Waals surface area contributed by atoms with Gasteiger partial charge in [0.2, 0.25) is 0 Å². The summed E-state index contributed by atoms with van der Waals surface area (Å²) in [7, 11) is 0. The second kappa shape index (κ2) is 3.56. The molecule has 0 heterocycles. The van der Waals surface area contributed by atoms with Crippen LogP contribution >= 0.6 is 0 Å². The standard InChI is InChI=1S/C11H16O3/c1-7-4-5-11(2,3)9(12)8(6-7)10(13)14/h4,8H,5-6H2,1-3H3,(H,13,14)/t8-/m0/s1. The number of allylic oxidation sites excluding steroid dienone is 2. The van der Waals surface area contributed by atoms with E-state index in [1.807, 2.05) is 13.0 Å². The Morgan fingerprint density at radius 1 is 1.57 bits per heavy atom. The first kappa shape index (κ1) is 11.0. The molecule has 1 atom stereocenters. The van der Waals surface area contributed by atoms with Crippen molar-refractivity contribution in [2.45, 2.75) is 33.6 Å². The number of rotatable bonds is 1. The van der Waals surface area contributed by atoms with Crippen LogP contribution in [-0.4, -0.2) is 16.9 Å². The number of carboxylic acid groups (broad SMARTS) is 1. The highest BCUT2D eigenvalue weighted by Gasteiger charge is 2.38. The summed E-state index contributed by atoms with van der Waals surface area (Å²) in [6.45, 7) is 5.49. The van der Waals surface area contributed by atoms with Gasteiger partial charge in [-0.05, 0) is 19.8 Å². The second-order valence-corrected chi connectivity index (χ2v) is 4.60. The molecule has 1 rings (SSSR count). The topological polar surface area (TPSA) is 54.4 Å². The number of hydrogen-bond donors (Lipinski definition) is 1. The third-order valence-electron chi connectivity index (χ3n) is 2.77. The highest BCUT2D eigenvalue weighted by Crippen LogP contribution is 2.33. The van der Waals surface area contributed by atoms with Crippen LogP contribution < -0.4 is 0 Å². The fraction of sp³-hybridized carbons (Fsp3) is 0.636. The first-order valence-corrected chi connectivity index (χ1v) is 4.77. The van der Waals surface area contributed by atoms with E-state index >= 15 is 0 Å². The Balaban J connectivity index is 3.02. The summed E-state index contributed by atoms with van der Waals surface area (Å²) in [4.78, 5) is 22.7. The maximum absolute atomic E-state index is 11.8. The summed E-state index contributed by atoms with van der Waals surface area (Å²) in [5.41, 5.74) is 0.456. The molecule has 0 aliphatic heterocycles. The third kappa shape index (κ3) is 2.03. The maximum Gasteiger partial charge on any atom is 0.314 e. The third-order valence-corrected chi connectivity index (χ3v) is 2.77. The summed E-state index contributed by atoms with van der Waals surface area (Å²) in [6, 6.07) is 0. The molecule has 0 radical (unpaired) electrons. The van der Waals surface area contributed by atoms with Crippen molar-refractivity contribution in [2.75, 3.05) is 0 Å². The molecule has 14 heavy (non-hydrogen) atoms. The zero-order valence-electron chi connectivity index (χ0n) is 8.83. The molecule has 3 nitrogen and oxygen atoms in total. The van der Waals surface area contributed by atoms with Gasteiger partial charge < -0.3 is 5.11 Å². The van der Waals surface area contributed by atoms with Gasteiger partial charge in [-0.2, -0.15) is 0 Å². The van der Waals surface area contributed by atoms with Crippen LogP contribution in [0.25, 0.3) is 0 Å². The zero-order valence-corrected chi connectivity index (χ0v) is 8.83. The van der Waals surface area contributed by atoms with E-state index in [9.17, 15) is 9.59 Å². The van der Waals surface area contributed by atoms with Gasteiger partial charge in [0.1, 0.15) is 5.92 Å². The van der Waals surface area contributed by atoms with Gasteiger partial charge in [0.15, 0.2) is 5.78 Å². The smallest absolute Gasteiger partial charge is 0.314 e. The molecule has 0 aromatic carbocycles. The monoisotopic (exact) mass is 196 g/mol. The summed E-state index contributed by atoms with van der Waals surface area (Å²) in [5.74, 6) is -2.01. The van der Waals surface area contributed by atoms with Crippen molar-refractivity contribution >= 4 is 11.8 Å². The number of carbonyl (C=O) groups excluding carboxylic acids is 1. The Morgan fingerprint density at radius 3 is 2.64 bits per heavy atom. The first-order valence-electron chi connectivity index (χ1n) is 4.77. The summed E-state index contributed by atoms with van der Waals surface area (Å²) >= 11 is 0. The number of Topliss-reactive ketones (excluding diaryl/α,β-unsaturated/α-hetero) is 1. The number of carbonyl (C=O) groups is 2. The predicted octanol–water partition coefficient (Wildman–Crippen LogP) is 2.02. The maximum atomic E-state index is 11.8. The molecule has 0 aromatic heterocycles. The molecule has 1 aliphatic carbocycles. The van der Waals surface area contributed by atoms with Crippen molar-refractivity contribution in [2.24, 2.45) is 11.3 Å². The van der Waals surface area contributed by atoms with E-state index in [1.54, 1.807) is 13.8 Å². The summed E-state index contributed by atoms with van der Waals surface area (Å²) in [6.07, 6.45) is 2.97. The zero-order chi connectivity index (χ0) is 10.9. The molecule has 0 saturated carbocycles. The van der Waals surface area contributed by atoms with Crippen LogP contribution in [0.3, 0.4) is 0 Å². The van der Waals surface area contributed by atoms with Crippen LogP contribution in [0.2, 0.25) is 0 Å². The molecule has 0 aromatic rings. The Morgan fingerprint density at radius 2 is 2.14 bits per heavy atom. The van der Waals surface area contributed by atoms with Gasteiger partial charge in [-0.25, -0.2) is 0 Å². The van der Waals surface area contributed by atoms with Crippen molar-refractivity contribution in [3.8, 4) is 0 Å². The van der Waals surface area contributed by atoms with Crippen molar-refractivity contribution < 1.29 is 14.7 Å². The van der Waals surface area contributed by atoms with E-state index in [4.69, 9.17) is 5.11 Å². The van der Waals surface area contributed by atoms with Gasteiger partial charge in [-0.1, -0.05) is 25.5 Å². The molecule has 0 amide bonds. The highest BCUT2D eigenvalue weighted by molar-refractivity contribution is 6.01. The number of aliphatic carboxylic acids is 1. The van der Waals surface area contributed by atoms with Gasteiger partial charge in [-0.3, -0.25) is 9.59 Å². The van der Waals surface area contributed by atoms with Crippen molar-refractivity contribution in [3.63, 3.8) is 0 Å². The van der Waals surface area contributed by atoms with Crippen LogP contribution in [0, 0.1) is 11.3 Å². The normalized spacial score (nSPS) is 26.6. The lowest BCUT2D eigenvalue weighted by Crippen LogP contribution is -2.34. The molecule has 3 heteroatoms. The SMILES string of the molecule is CC1=CCC(C)(C)C(=O)[C@@H](C(=O)O)C1.